The Morgan fingerprint density at radius 3 is 2.42 bits per heavy atom. The fourth-order valence-electron chi connectivity index (χ4n) is 2.21. The lowest BCUT2D eigenvalue weighted by Gasteiger charge is -2.07. The van der Waals surface area contributed by atoms with Gasteiger partial charge in [0.1, 0.15) is 5.75 Å². The Labute approximate surface area is 146 Å². The Morgan fingerprint density at radius 1 is 1.08 bits per heavy atom. The fraction of sp³-hybridized carbons (Fsp3) is 0.235. The van der Waals surface area contributed by atoms with Crippen molar-refractivity contribution in [1.29, 1.82) is 0 Å². The Hall–Kier alpha value is -1.89. The van der Waals surface area contributed by atoms with Gasteiger partial charge >= 0.3 is 0 Å². The van der Waals surface area contributed by atoms with Crippen LogP contribution < -0.4 is 5.32 Å². The Morgan fingerprint density at radius 2 is 1.79 bits per heavy atom. The van der Waals surface area contributed by atoms with E-state index in [1.165, 1.54) is 0 Å². The maximum absolute atomic E-state index is 12.0. The molecule has 0 aliphatic heterocycles. The average Bonchev–Trinajstić information content (AvgIpc) is 2.52. The number of amides is 1. The van der Waals surface area contributed by atoms with Crippen molar-refractivity contribution in [1.82, 2.24) is 5.32 Å². The van der Waals surface area contributed by atoms with Gasteiger partial charge in [-0.05, 0) is 28.8 Å². The first kappa shape index (κ1) is 18.4. The van der Waals surface area contributed by atoms with Crippen molar-refractivity contribution >= 4 is 27.3 Å². The summed E-state index contributed by atoms with van der Waals surface area (Å²) in [6.45, 7) is -0.181. The zero-order valence-corrected chi connectivity index (χ0v) is 14.5. The van der Waals surface area contributed by atoms with Gasteiger partial charge in [-0.15, -0.1) is 0 Å². The lowest BCUT2D eigenvalue weighted by Crippen LogP contribution is -2.32. The molecule has 0 heterocycles. The molecular weight excluding hydrogens is 350 g/mol. The summed E-state index contributed by atoms with van der Waals surface area (Å²) in [6, 6.07) is 14.5. The number of hydrogen-bond acceptors (Lipinski definition) is 4. The van der Waals surface area contributed by atoms with Gasteiger partial charge in [0.25, 0.3) is 0 Å². The van der Waals surface area contributed by atoms with Crippen molar-refractivity contribution in [3.8, 4) is 11.1 Å². The summed E-state index contributed by atoms with van der Waals surface area (Å²) < 4.78 is 24.1. The second-order valence-corrected chi connectivity index (χ2v) is 7.81. The average molecular weight is 368 g/mol. The number of hydrogen-bond donors (Lipinski definition) is 2. The molecule has 0 radical (unpaired) electrons. The molecule has 0 aliphatic carbocycles. The summed E-state index contributed by atoms with van der Waals surface area (Å²) in [6.07, 6.45) is 0. The quantitative estimate of drug-likeness (QED) is 0.784. The Kier molecular flexibility index (Phi) is 6.36. The van der Waals surface area contributed by atoms with Crippen LogP contribution in [0.25, 0.3) is 11.1 Å². The van der Waals surface area contributed by atoms with Gasteiger partial charge in [-0.1, -0.05) is 48.0 Å². The normalized spacial score (nSPS) is 11.2. The molecule has 0 saturated carbocycles. The minimum Gasteiger partial charge on any atom is -0.395 e. The highest BCUT2D eigenvalue weighted by molar-refractivity contribution is 7.91. The van der Waals surface area contributed by atoms with Gasteiger partial charge in [-0.2, -0.15) is 0 Å². The van der Waals surface area contributed by atoms with Crippen LogP contribution in [0.3, 0.4) is 0 Å². The predicted octanol–water partition coefficient (Wildman–Crippen LogP) is 2.03. The summed E-state index contributed by atoms with van der Waals surface area (Å²) in [5.41, 5.74) is 2.48. The summed E-state index contributed by atoms with van der Waals surface area (Å²) in [5.74, 6) is -1.42. The van der Waals surface area contributed by atoms with Crippen LogP contribution >= 0.6 is 11.6 Å². The van der Waals surface area contributed by atoms with Crippen molar-refractivity contribution in [2.24, 2.45) is 0 Å². The molecule has 5 nitrogen and oxygen atoms in total. The topological polar surface area (TPSA) is 83.5 Å². The molecule has 24 heavy (non-hydrogen) atoms. The predicted molar refractivity (Wildman–Crippen MR) is 94.5 cm³/mol. The van der Waals surface area contributed by atoms with Crippen molar-refractivity contribution in [3.05, 3.63) is 59.1 Å². The number of rotatable bonds is 7. The number of carbonyl (C=O) groups excluding carboxylic acids is 1. The summed E-state index contributed by atoms with van der Waals surface area (Å²) >= 11 is 5.96. The minimum atomic E-state index is -3.56. The first-order chi connectivity index (χ1) is 11.4. The highest BCUT2D eigenvalue weighted by Crippen LogP contribution is 2.23. The molecule has 0 aromatic heterocycles. The van der Waals surface area contributed by atoms with Gasteiger partial charge in [0.2, 0.25) is 5.91 Å². The van der Waals surface area contributed by atoms with E-state index in [9.17, 15) is 13.2 Å². The van der Waals surface area contributed by atoms with Crippen LogP contribution in [0, 0.1) is 0 Å². The van der Waals surface area contributed by atoms with Crippen molar-refractivity contribution in [2.45, 2.75) is 5.75 Å². The molecule has 0 aliphatic rings. The third-order valence-electron chi connectivity index (χ3n) is 3.28. The fourth-order valence-corrected chi connectivity index (χ4v) is 3.71. The van der Waals surface area contributed by atoms with E-state index in [2.05, 4.69) is 5.32 Å². The van der Waals surface area contributed by atoms with Crippen molar-refractivity contribution in [3.63, 3.8) is 0 Å². The molecule has 0 atom stereocenters. The van der Waals surface area contributed by atoms with Crippen LogP contribution in [0.4, 0.5) is 0 Å². The van der Waals surface area contributed by atoms with E-state index in [-0.39, 0.29) is 18.9 Å². The van der Waals surface area contributed by atoms with E-state index < -0.39 is 21.5 Å². The largest absolute Gasteiger partial charge is 0.395 e. The summed E-state index contributed by atoms with van der Waals surface area (Å²) in [5, 5.41) is 11.6. The van der Waals surface area contributed by atoms with E-state index in [4.69, 9.17) is 16.7 Å². The molecule has 0 spiro atoms. The lowest BCUT2D eigenvalue weighted by atomic mass is 10.0. The second-order valence-electron chi connectivity index (χ2n) is 5.31. The summed E-state index contributed by atoms with van der Waals surface area (Å²) in [7, 11) is -3.56. The minimum absolute atomic E-state index is 0.0443. The van der Waals surface area contributed by atoms with E-state index in [1.54, 1.807) is 18.2 Å². The number of halogens is 1. The van der Waals surface area contributed by atoms with Crippen LogP contribution in [-0.2, 0) is 20.4 Å². The lowest BCUT2D eigenvalue weighted by molar-refractivity contribution is -0.118. The number of nitrogens with one attached hydrogen (secondary N) is 1. The van der Waals surface area contributed by atoms with Gasteiger partial charge in [-0.3, -0.25) is 4.79 Å². The van der Waals surface area contributed by atoms with E-state index in [0.717, 1.165) is 11.1 Å². The molecule has 0 unspecified atom stereocenters. The smallest absolute Gasteiger partial charge is 0.235 e. The summed E-state index contributed by atoms with van der Waals surface area (Å²) in [4.78, 5) is 11.5. The molecule has 2 N–H and O–H groups in total. The molecule has 2 aromatic carbocycles. The van der Waals surface area contributed by atoms with Gasteiger partial charge in [0, 0.05) is 11.6 Å². The maximum Gasteiger partial charge on any atom is 0.235 e. The molecule has 0 bridgehead atoms. The van der Waals surface area contributed by atoms with E-state index >= 15 is 0 Å². The molecule has 128 valence electrons. The molecule has 0 fully saturated rings. The first-order valence-corrected chi connectivity index (χ1v) is 9.52. The number of aliphatic hydroxyl groups is 1. The van der Waals surface area contributed by atoms with Crippen molar-refractivity contribution < 1.29 is 18.3 Å². The van der Waals surface area contributed by atoms with Crippen LogP contribution in [0.5, 0.6) is 0 Å². The van der Waals surface area contributed by atoms with Crippen molar-refractivity contribution in [2.75, 3.05) is 18.9 Å². The number of benzene rings is 2. The Bertz CT molecular complexity index is 804. The number of carbonyl (C=O) groups is 1. The highest BCUT2D eigenvalue weighted by Gasteiger charge is 2.17. The maximum atomic E-state index is 12.0. The SMILES string of the molecule is O=C(CS(=O)(=O)Cc1ccc(-c2cccc(Cl)c2)cc1)NCCO. The highest BCUT2D eigenvalue weighted by atomic mass is 35.5. The third-order valence-corrected chi connectivity index (χ3v) is 4.99. The van der Waals surface area contributed by atoms with Gasteiger partial charge in [0.05, 0.1) is 12.4 Å². The molecule has 7 heteroatoms. The van der Waals surface area contributed by atoms with Gasteiger partial charge in [0.15, 0.2) is 9.84 Å². The molecule has 0 saturated heterocycles. The zero-order chi connectivity index (χ0) is 17.6. The van der Waals surface area contributed by atoms with Crippen LogP contribution in [0.15, 0.2) is 48.5 Å². The van der Waals surface area contributed by atoms with Gasteiger partial charge in [-0.25, -0.2) is 8.42 Å². The molecular formula is C17H18ClNO4S. The van der Waals surface area contributed by atoms with Crippen LogP contribution in [0.2, 0.25) is 5.02 Å². The van der Waals surface area contributed by atoms with Gasteiger partial charge < -0.3 is 10.4 Å². The zero-order valence-electron chi connectivity index (χ0n) is 12.9. The molecule has 2 rings (SSSR count). The standard InChI is InChI=1S/C17H18ClNO4S/c18-16-3-1-2-15(10-16)14-6-4-13(5-7-14)11-24(22,23)12-17(21)19-8-9-20/h1-7,10,20H,8-9,11-12H2,(H,19,21). The molecule has 2 aromatic rings. The monoisotopic (exact) mass is 367 g/mol. The Balaban J connectivity index is 2.04. The second kappa shape index (κ2) is 8.28. The van der Waals surface area contributed by atoms with Crippen LogP contribution in [0.1, 0.15) is 5.56 Å². The van der Waals surface area contributed by atoms with Crippen LogP contribution in [-0.4, -0.2) is 38.3 Å². The molecule has 1 amide bonds. The number of sulfone groups is 1. The number of aliphatic hydroxyl groups excluding tert-OH is 1. The van der Waals surface area contributed by atoms with E-state index in [1.807, 2.05) is 30.3 Å². The first-order valence-electron chi connectivity index (χ1n) is 7.32. The van der Waals surface area contributed by atoms with E-state index in [0.29, 0.717) is 10.6 Å². The third kappa shape index (κ3) is 5.63.